The van der Waals surface area contributed by atoms with Crippen LogP contribution in [0.4, 0.5) is 0 Å². The molecule has 1 heterocycles. The van der Waals surface area contributed by atoms with Crippen LogP contribution >= 0.6 is 0 Å². The summed E-state index contributed by atoms with van der Waals surface area (Å²) in [4.78, 5) is 0. The molecule has 1 aliphatic heterocycles. The maximum absolute atomic E-state index is 5.73. The van der Waals surface area contributed by atoms with E-state index in [1.165, 1.54) is 5.39 Å². The van der Waals surface area contributed by atoms with Crippen molar-refractivity contribution in [1.29, 1.82) is 0 Å². The SMILES string of the molecule is CC1OC1Oc1cccc2ccccc12. The van der Waals surface area contributed by atoms with Crippen LogP contribution in [-0.4, -0.2) is 12.4 Å². The van der Waals surface area contributed by atoms with Crippen molar-refractivity contribution in [3.63, 3.8) is 0 Å². The quantitative estimate of drug-likeness (QED) is 0.695. The van der Waals surface area contributed by atoms with Crippen molar-refractivity contribution < 1.29 is 9.47 Å². The fourth-order valence-corrected chi connectivity index (χ4v) is 1.71. The number of epoxide rings is 1. The molecule has 2 heteroatoms. The number of hydrogen-bond donors (Lipinski definition) is 0. The number of fused-ring (bicyclic) bond motifs is 1. The molecule has 0 spiro atoms. The van der Waals surface area contributed by atoms with Crippen molar-refractivity contribution in [3.8, 4) is 5.75 Å². The molecule has 0 N–H and O–H groups in total. The summed E-state index contributed by atoms with van der Waals surface area (Å²) in [6, 6.07) is 14.3. The zero-order valence-electron chi connectivity index (χ0n) is 8.51. The molecule has 76 valence electrons. The molecule has 3 rings (SSSR count). The molecule has 1 aliphatic rings. The summed E-state index contributed by atoms with van der Waals surface area (Å²) < 4.78 is 11.0. The Bertz CT molecular complexity index is 487. The molecule has 2 nitrogen and oxygen atoms in total. The van der Waals surface area contributed by atoms with Gasteiger partial charge >= 0.3 is 0 Å². The third-order valence-electron chi connectivity index (χ3n) is 2.65. The van der Waals surface area contributed by atoms with Gasteiger partial charge in [-0.1, -0.05) is 36.4 Å². The van der Waals surface area contributed by atoms with Gasteiger partial charge in [-0.25, -0.2) is 0 Å². The van der Waals surface area contributed by atoms with Crippen LogP contribution in [0.1, 0.15) is 6.92 Å². The molecule has 2 unspecified atom stereocenters. The topological polar surface area (TPSA) is 21.8 Å². The van der Waals surface area contributed by atoms with E-state index in [2.05, 4.69) is 18.2 Å². The molecule has 2 aromatic carbocycles. The van der Waals surface area contributed by atoms with E-state index in [9.17, 15) is 0 Å². The van der Waals surface area contributed by atoms with Crippen LogP contribution in [0.25, 0.3) is 10.8 Å². The molecular weight excluding hydrogens is 188 g/mol. The molecule has 2 aromatic rings. The van der Waals surface area contributed by atoms with Gasteiger partial charge < -0.3 is 9.47 Å². The Labute approximate surface area is 88.4 Å². The lowest BCUT2D eigenvalue weighted by Crippen LogP contribution is -2.01. The molecule has 0 aromatic heterocycles. The van der Waals surface area contributed by atoms with Crippen LogP contribution in [0.2, 0.25) is 0 Å². The molecule has 0 amide bonds. The van der Waals surface area contributed by atoms with Gasteiger partial charge in [0, 0.05) is 5.39 Å². The van der Waals surface area contributed by atoms with E-state index in [0.717, 1.165) is 11.1 Å². The largest absolute Gasteiger partial charge is 0.461 e. The first-order valence-corrected chi connectivity index (χ1v) is 5.14. The molecule has 0 radical (unpaired) electrons. The highest BCUT2D eigenvalue weighted by Gasteiger charge is 2.36. The van der Waals surface area contributed by atoms with Gasteiger partial charge in [-0.2, -0.15) is 0 Å². The van der Waals surface area contributed by atoms with Crippen molar-refractivity contribution in [1.82, 2.24) is 0 Å². The first-order valence-electron chi connectivity index (χ1n) is 5.14. The van der Waals surface area contributed by atoms with E-state index in [4.69, 9.17) is 9.47 Å². The summed E-state index contributed by atoms with van der Waals surface area (Å²) in [5.41, 5.74) is 0. The molecule has 0 aliphatic carbocycles. The molecule has 1 fully saturated rings. The number of benzene rings is 2. The van der Waals surface area contributed by atoms with E-state index < -0.39 is 0 Å². The summed E-state index contributed by atoms with van der Waals surface area (Å²) >= 11 is 0. The monoisotopic (exact) mass is 200 g/mol. The van der Waals surface area contributed by atoms with Gasteiger partial charge in [0.25, 0.3) is 0 Å². The Balaban J connectivity index is 2.02. The third kappa shape index (κ3) is 1.57. The van der Waals surface area contributed by atoms with Gasteiger partial charge in [-0.3, -0.25) is 0 Å². The van der Waals surface area contributed by atoms with Gasteiger partial charge in [0.2, 0.25) is 6.29 Å². The highest BCUT2D eigenvalue weighted by Crippen LogP contribution is 2.31. The Kier molecular flexibility index (Phi) is 1.89. The second-order valence-corrected chi connectivity index (χ2v) is 3.80. The van der Waals surface area contributed by atoms with E-state index in [-0.39, 0.29) is 12.4 Å². The maximum atomic E-state index is 5.73. The van der Waals surface area contributed by atoms with Gasteiger partial charge in [0.15, 0.2) is 0 Å². The van der Waals surface area contributed by atoms with Crippen LogP contribution in [-0.2, 0) is 4.74 Å². The Morgan fingerprint density at radius 3 is 2.60 bits per heavy atom. The predicted octanol–water partition coefficient (Wildman–Crippen LogP) is 2.96. The molecular formula is C13H12O2. The summed E-state index contributed by atoms with van der Waals surface area (Å²) in [5.74, 6) is 0.905. The highest BCUT2D eigenvalue weighted by atomic mass is 16.8. The van der Waals surface area contributed by atoms with Crippen LogP contribution in [0.3, 0.4) is 0 Å². The van der Waals surface area contributed by atoms with E-state index in [0.29, 0.717) is 0 Å². The zero-order chi connectivity index (χ0) is 10.3. The Hall–Kier alpha value is -1.54. The third-order valence-corrected chi connectivity index (χ3v) is 2.65. The molecule has 15 heavy (non-hydrogen) atoms. The standard InChI is InChI=1S/C13H12O2/c1-9-13(14-9)15-12-8-4-6-10-5-2-3-7-11(10)12/h2-9,13H,1H3. The smallest absolute Gasteiger partial charge is 0.226 e. The first-order chi connectivity index (χ1) is 7.34. The first kappa shape index (κ1) is 8.74. The van der Waals surface area contributed by atoms with Crippen LogP contribution in [0, 0.1) is 0 Å². The van der Waals surface area contributed by atoms with Crippen molar-refractivity contribution in [3.05, 3.63) is 42.5 Å². The average Bonchev–Trinajstić information content (AvgIpc) is 2.95. The van der Waals surface area contributed by atoms with Crippen molar-refractivity contribution in [2.75, 3.05) is 0 Å². The Morgan fingerprint density at radius 1 is 1.07 bits per heavy atom. The lowest BCUT2D eigenvalue weighted by atomic mass is 10.1. The molecule has 0 bridgehead atoms. The van der Waals surface area contributed by atoms with Crippen LogP contribution in [0.5, 0.6) is 5.75 Å². The van der Waals surface area contributed by atoms with Gasteiger partial charge in [-0.15, -0.1) is 0 Å². The fraction of sp³-hybridized carbons (Fsp3) is 0.231. The second-order valence-electron chi connectivity index (χ2n) is 3.80. The van der Waals surface area contributed by atoms with E-state index >= 15 is 0 Å². The minimum absolute atomic E-state index is 0.0594. The van der Waals surface area contributed by atoms with Crippen LogP contribution < -0.4 is 4.74 Å². The Morgan fingerprint density at radius 2 is 1.80 bits per heavy atom. The molecule has 2 atom stereocenters. The van der Waals surface area contributed by atoms with E-state index in [1.54, 1.807) is 0 Å². The highest BCUT2D eigenvalue weighted by molar-refractivity contribution is 5.88. The summed E-state index contributed by atoms with van der Waals surface area (Å²) in [6.07, 6.45) is 0.166. The molecule has 1 saturated heterocycles. The van der Waals surface area contributed by atoms with E-state index in [1.807, 2.05) is 31.2 Å². The van der Waals surface area contributed by atoms with Gasteiger partial charge in [-0.05, 0) is 18.4 Å². The van der Waals surface area contributed by atoms with Crippen molar-refractivity contribution in [2.24, 2.45) is 0 Å². The normalized spacial score (nSPS) is 24.1. The number of ether oxygens (including phenoxy) is 2. The lowest BCUT2D eigenvalue weighted by Gasteiger charge is -2.06. The zero-order valence-corrected chi connectivity index (χ0v) is 8.51. The minimum Gasteiger partial charge on any atom is -0.461 e. The second kappa shape index (κ2) is 3.24. The molecule has 0 saturated carbocycles. The van der Waals surface area contributed by atoms with Gasteiger partial charge in [0.05, 0.1) is 0 Å². The van der Waals surface area contributed by atoms with Crippen molar-refractivity contribution in [2.45, 2.75) is 19.3 Å². The maximum Gasteiger partial charge on any atom is 0.226 e. The minimum atomic E-state index is -0.0594. The van der Waals surface area contributed by atoms with Crippen LogP contribution in [0.15, 0.2) is 42.5 Å². The average molecular weight is 200 g/mol. The summed E-state index contributed by atoms with van der Waals surface area (Å²) in [7, 11) is 0. The fourth-order valence-electron chi connectivity index (χ4n) is 1.71. The summed E-state index contributed by atoms with van der Waals surface area (Å²) in [5, 5.41) is 2.34. The lowest BCUT2D eigenvalue weighted by molar-refractivity contribution is 0.180. The predicted molar refractivity (Wildman–Crippen MR) is 58.9 cm³/mol. The summed E-state index contributed by atoms with van der Waals surface area (Å²) in [6.45, 7) is 2.01. The van der Waals surface area contributed by atoms with Gasteiger partial charge in [0.1, 0.15) is 11.9 Å². The number of rotatable bonds is 2. The van der Waals surface area contributed by atoms with Crippen molar-refractivity contribution >= 4 is 10.8 Å². The number of hydrogen-bond acceptors (Lipinski definition) is 2.